The van der Waals surface area contributed by atoms with Gasteiger partial charge in [-0.05, 0) is 24.1 Å². The van der Waals surface area contributed by atoms with Crippen molar-refractivity contribution in [2.75, 3.05) is 5.75 Å². The first kappa shape index (κ1) is 11.1. The Kier molecular flexibility index (Phi) is 2.87. The smallest absolute Gasteiger partial charge is 0.212 e. The van der Waals surface area contributed by atoms with Crippen LogP contribution in [0.2, 0.25) is 0 Å². The average Bonchev–Trinajstić information content (AvgIpc) is 2.64. The second-order valence-electron chi connectivity index (χ2n) is 3.55. The molecule has 2 rings (SSSR count). The van der Waals surface area contributed by atoms with Crippen LogP contribution in [0.15, 0.2) is 22.7 Å². The summed E-state index contributed by atoms with van der Waals surface area (Å²) in [7, 11) is -3.07. The van der Waals surface area contributed by atoms with E-state index in [1.807, 2.05) is 18.2 Å². The number of fused-ring (bicyclic) bond motifs is 1. The molecular formula is C10H12BrNO2S. The van der Waals surface area contributed by atoms with E-state index in [9.17, 15) is 8.42 Å². The van der Waals surface area contributed by atoms with Gasteiger partial charge in [-0.1, -0.05) is 28.1 Å². The summed E-state index contributed by atoms with van der Waals surface area (Å²) in [5.74, 6) is 0.165. The molecule has 1 heterocycles. The lowest BCUT2D eigenvalue weighted by molar-refractivity contribution is 0.432. The second kappa shape index (κ2) is 3.88. The monoisotopic (exact) mass is 289 g/mol. The van der Waals surface area contributed by atoms with E-state index in [2.05, 4.69) is 15.9 Å². The highest BCUT2D eigenvalue weighted by molar-refractivity contribution is 9.10. The fraction of sp³-hybridized carbons (Fsp3) is 0.400. The van der Waals surface area contributed by atoms with E-state index in [1.165, 1.54) is 4.31 Å². The van der Waals surface area contributed by atoms with Crippen LogP contribution in [0.25, 0.3) is 0 Å². The lowest BCUT2D eigenvalue weighted by Gasteiger charge is -2.13. The van der Waals surface area contributed by atoms with Crippen molar-refractivity contribution in [3.05, 3.63) is 33.8 Å². The molecule has 0 aliphatic carbocycles. The summed E-state index contributed by atoms with van der Waals surface area (Å²) in [5.41, 5.74) is 2.19. The standard InChI is InChI=1S/C10H12BrNO2S/c1-2-15(13,14)12-6-8-4-3-5-10(11)9(8)7-12/h3-5H,2,6-7H2,1H3. The van der Waals surface area contributed by atoms with Crippen molar-refractivity contribution >= 4 is 26.0 Å². The number of nitrogens with zero attached hydrogens (tertiary/aromatic N) is 1. The Morgan fingerprint density at radius 3 is 2.73 bits per heavy atom. The minimum Gasteiger partial charge on any atom is -0.212 e. The van der Waals surface area contributed by atoms with Gasteiger partial charge in [-0.15, -0.1) is 0 Å². The lowest BCUT2D eigenvalue weighted by atomic mass is 10.1. The Morgan fingerprint density at radius 2 is 2.13 bits per heavy atom. The Bertz CT molecular complexity index is 484. The van der Waals surface area contributed by atoms with Gasteiger partial charge in [-0.3, -0.25) is 0 Å². The van der Waals surface area contributed by atoms with Gasteiger partial charge in [-0.25, -0.2) is 8.42 Å². The Labute approximate surface area is 98.3 Å². The molecule has 0 radical (unpaired) electrons. The maximum atomic E-state index is 11.7. The highest BCUT2D eigenvalue weighted by Gasteiger charge is 2.28. The summed E-state index contributed by atoms with van der Waals surface area (Å²) in [6.07, 6.45) is 0. The van der Waals surface area contributed by atoms with Crippen molar-refractivity contribution in [2.45, 2.75) is 20.0 Å². The Hall–Kier alpha value is -0.390. The van der Waals surface area contributed by atoms with E-state index in [1.54, 1.807) is 6.92 Å². The van der Waals surface area contributed by atoms with Gasteiger partial charge in [0, 0.05) is 17.6 Å². The minimum absolute atomic E-state index is 0.165. The average molecular weight is 290 g/mol. The van der Waals surface area contributed by atoms with Crippen LogP contribution in [-0.4, -0.2) is 18.5 Å². The van der Waals surface area contributed by atoms with Crippen molar-refractivity contribution in [3.63, 3.8) is 0 Å². The quantitative estimate of drug-likeness (QED) is 0.836. The third-order valence-corrected chi connectivity index (χ3v) is 5.17. The van der Waals surface area contributed by atoms with Crippen LogP contribution in [-0.2, 0) is 23.1 Å². The Morgan fingerprint density at radius 1 is 1.40 bits per heavy atom. The molecule has 0 bridgehead atoms. The van der Waals surface area contributed by atoms with Crippen LogP contribution >= 0.6 is 15.9 Å². The SMILES string of the molecule is CCS(=O)(=O)N1Cc2cccc(Br)c2C1. The number of benzene rings is 1. The molecule has 3 nitrogen and oxygen atoms in total. The molecule has 82 valence electrons. The molecule has 1 aromatic carbocycles. The zero-order valence-electron chi connectivity index (χ0n) is 8.40. The molecule has 0 spiro atoms. The normalized spacial score (nSPS) is 16.7. The van der Waals surface area contributed by atoms with Crippen LogP contribution in [0.3, 0.4) is 0 Å². The van der Waals surface area contributed by atoms with Gasteiger partial charge in [0.05, 0.1) is 5.75 Å². The maximum Gasteiger partial charge on any atom is 0.214 e. The van der Waals surface area contributed by atoms with E-state index in [0.29, 0.717) is 13.1 Å². The van der Waals surface area contributed by atoms with E-state index in [-0.39, 0.29) is 5.75 Å². The second-order valence-corrected chi connectivity index (χ2v) is 6.66. The van der Waals surface area contributed by atoms with E-state index < -0.39 is 10.0 Å². The van der Waals surface area contributed by atoms with Crippen molar-refractivity contribution in [3.8, 4) is 0 Å². The lowest BCUT2D eigenvalue weighted by Crippen LogP contribution is -2.26. The maximum absolute atomic E-state index is 11.7. The van der Waals surface area contributed by atoms with Crippen molar-refractivity contribution < 1.29 is 8.42 Å². The number of rotatable bonds is 2. The Balaban J connectivity index is 2.35. The highest BCUT2D eigenvalue weighted by atomic mass is 79.9. The van der Waals surface area contributed by atoms with Gasteiger partial charge in [0.2, 0.25) is 10.0 Å². The number of sulfonamides is 1. The highest BCUT2D eigenvalue weighted by Crippen LogP contribution is 2.30. The molecule has 0 atom stereocenters. The van der Waals surface area contributed by atoms with Crippen LogP contribution in [0, 0.1) is 0 Å². The zero-order chi connectivity index (χ0) is 11.1. The molecule has 1 aromatic rings. The van der Waals surface area contributed by atoms with Crippen molar-refractivity contribution in [2.24, 2.45) is 0 Å². The molecule has 0 amide bonds. The summed E-state index contributed by atoms with van der Waals surface area (Å²) in [5, 5.41) is 0. The first-order valence-corrected chi connectivity index (χ1v) is 7.19. The van der Waals surface area contributed by atoms with Gasteiger partial charge in [0.25, 0.3) is 0 Å². The number of hydrogen-bond donors (Lipinski definition) is 0. The molecule has 0 N–H and O–H groups in total. The predicted molar refractivity (Wildman–Crippen MR) is 62.8 cm³/mol. The molecule has 0 saturated heterocycles. The minimum atomic E-state index is -3.07. The number of halogens is 1. The van der Waals surface area contributed by atoms with Crippen LogP contribution in [0.4, 0.5) is 0 Å². The summed E-state index contributed by atoms with van der Waals surface area (Å²) >= 11 is 3.44. The third-order valence-electron chi connectivity index (χ3n) is 2.66. The first-order chi connectivity index (χ1) is 7.04. The van der Waals surface area contributed by atoms with E-state index in [0.717, 1.165) is 15.6 Å². The van der Waals surface area contributed by atoms with Crippen LogP contribution < -0.4 is 0 Å². The fourth-order valence-electron chi connectivity index (χ4n) is 1.73. The molecule has 15 heavy (non-hydrogen) atoms. The van der Waals surface area contributed by atoms with E-state index >= 15 is 0 Å². The van der Waals surface area contributed by atoms with Gasteiger partial charge in [-0.2, -0.15) is 4.31 Å². The fourth-order valence-corrected chi connectivity index (χ4v) is 3.29. The molecule has 5 heteroatoms. The summed E-state index contributed by atoms with van der Waals surface area (Å²) in [4.78, 5) is 0. The number of hydrogen-bond acceptors (Lipinski definition) is 2. The summed E-state index contributed by atoms with van der Waals surface area (Å²) in [6.45, 7) is 2.67. The topological polar surface area (TPSA) is 37.4 Å². The molecule has 0 saturated carbocycles. The summed E-state index contributed by atoms with van der Waals surface area (Å²) < 4.78 is 25.9. The largest absolute Gasteiger partial charge is 0.214 e. The van der Waals surface area contributed by atoms with Gasteiger partial charge >= 0.3 is 0 Å². The van der Waals surface area contributed by atoms with Gasteiger partial charge in [0.15, 0.2) is 0 Å². The van der Waals surface area contributed by atoms with Crippen LogP contribution in [0.1, 0.15) is 18.1 Å². The molecule has 1 aliphatic heterocycles. The molecule has 0 fully saturated rings. The first-order valence-electron chi connectivity index (χ1n) is 4.78. The van der Waals surface area contributed by atoms with E-state index in [4.69, 9.17) is 0 Å². The van der Waals surface area contributed by atoms with Gasteiger partial charge < -0.3 is 0 Å². The van der Waals surface area contributed by atoms with Crippen LogP contribution in [0.5, 0.6) is 0 Å². The van der Waals surface area contributed by atoms with Crippen molar-refractivity contribution in [1.29, 1.82) is 0 Å². The predicted octanol–water partition coefficient (Wildman–Crippen LogP) is 2.11. The zero-order valence-corrected chi connectivity index (χ0v) is 10.8. The molecule has 0 aromatic heterocycles. The molecule has 0 unspecified atom stereocenters. The van der Waals surface area contributed by atoms with Crippen molar-refractivity contribution in [1.82, 2.24) is 4.31 Å². The molecular weight excluding hydrogens is 278 g/mol. The molecule has 1 aliphatic rings. The summed E-state index contributed by atoms with van der Waals surface area (Å²) in [6, 6.07) is 5.86. The van der Waals surface area contributed by atoms with Gasteiger partial charge in [0.1, 0.15) is 0 Å². The third kappa shape index (κ3) is 1.96.